The van der Waals surface area contributed by atoms with Crippen LogP contribution in [0.2, 0.25) is 5.02 Å². The van der Waals surface area contributed by atoms with Gasteiger partial charge in [0.1, 0.15) is 11.4 Å². The van der Waals surface area contributed by atoms with Crippen molar-refractivity contribution < 1.29 is 9.53 Å². The van der Waals surface area contributed by atoms with E-state index in [1.807, 2.05) is 6.92 Å². The first-order valence-corrected chi connectivity index (χ1v) is 8.07. The van der Waals surface area contributed by atoms with Gasteiger partial charge in [0.05, 0.1) is 29.2 Å². The van der Waals surface area contributed by atoms with Gasteiger partial charge in [0.15, 0.2) is 5.11 Å². The lowest BCUT2D eigenvalue weighted by Gasteiger charge is -2.14. The molecule has 8 heteroatoms. The summed E-state index contributed by atoms with van der Waals surface area (Å²) >= 11 is 11.4. The zero-order chi connectivity index (χ0) is 17.3. The highest BCUT2D eigenvalue weighted by molar-refractivity contribution is 7.80. The highest BCUT2D eigenvalue weighted by Gasteiger charge is 2.32. The van der Waals surface area contributed by atoms with Crippen LogP contribution in [0, 0.1) is 0 Å². The van der Waals surface area contributed by atoms with E-state index < -0.39 is 0 Å². The number of nitrogens with one attached hydrogen (secondary N) is 1. The van der Waals surface area contributed by atoms with Crippen molar-refractivity contribution in [2.75, 3.05) is 11.5 Å². The summed E-state index contributed by atoms with van der Waals surface area (Å²) in [5, 5.41) is 7.75. The quantitative estimate of drug-likeness (QED) is 0.669. The van der Waals surface area contributed by atoms with Gasteiger partial charge >= 0.3 is 0 Å². The van der Waals surface area contributed by atoms with Crippen LogP contribution in [0.3, 0.4) is 0 Å². The number of hydrogen-bond donors (Lipinski definition) is 1. The predicted octanol–water partition coefficient (Wildman–Crippen LogP) is 2.73. The fraction of sp³-hybridized carbons (Fsp3) is 0.188. The van der Waals surface area contributed by atoms with Gasteiger partial charge in [-0.25, -0.2) is 0 Å². The molecule has 2 aromatic rings. The van der Waals surface area contributed by atoms with Crippen LogP contribution < -0.4 is 15.0 Å². The molecule has 1 aromatic heterocycles. The predicted molar refractivity (Wildman–Crippen MR) is 97.0 cm³/mol. The number of hydrogen-bond acceptors (Lipinski definition) is 4. The summed E-state index contributed by atoms with van der Waals surface area (Å²) in [6.07, 6.45) is 3.16. The van der Waals surface area contributed by atoms with Crippen LogP contribution in [0.5, 0.6) is 5.75 Å². The summed E-state index contributed by atoms with van der Waals surface area (Å²) in [5.41, 5.74) is 1.64. The molecule has 0 saturated carbocycles. The van der Waals surface area contributed by atoms with Gasteiger partial charge in [0, 0.05) is 7.05 Å². The number of aryl methyl sites for hydroxylation is 1. The normalized spacial score (nSPS) is 16.0. The first-order valence-electron chi connectivity index (χ1n) is 7.28. The molecule has 6 nitrogen and oxygen atoms in total. The van der Waals surface area contributed by atoms with Crippen LogP contribution in [0.25, 0.3) is 6.08 Å². The Kier molecular flexibility index (Phi) is 4.55. The highest BCUT2D eigenvalue weighted by Crippen LogP contribution is 2.26. The van der Waals surface area contributed by atoms with E-state index >= 15 is 0 Å². The minimum atomic E-state index is -0.249. The third-order valence-corrected chi connectivity index (χ3v) is 4.08. The molecule has 0 spiro atoms. The molecule has 1 aliphatic heterocycles. The summed E-state index contributed by atoms with van der Waals surface area (Å²) in [4.78, 5) is 14.1. The van der Waals surface area contributed by atoms with Gasteiger partial charge in [-0.2, -0.15) is 5.10 Å². The lowest BCUT2D eigenvalue weighted by Crippen LogP contribution is -2.30. The van der Waals surface area contributed by atoms with Gasteiger partial charge in [0.2, 0.25) is 0 Å². The summed E-state index contributed by atoms with van der Waals surface area (Å²) in [6, 6.07) is 7.18. The van der Waals surface area contributed by atoms with Gasteiger partial charge in [-0.1, -0.05) is 11.6 Å². The molecule has 1 aliphatic rings. The average Bonchev–Trinajstić information content (AvgIpc) is 3.02. The summed E-state index contributed by atoms with van der Waals surface area (Å²) < 4.78 is 7.00. The Hall–Kier alpha value is -2.38. The van der Waals surface area contributed by atoms with Crippen LogP contribution in [-0.2, 0) is 11.8 Å². The van der Waals surface area contributed by atoms with Crippen molar-refractivity contribution in [3.8, 4) is 5.75 Å². The van der Waals surface area contributed by atoms with Crippen LogP contribution in [-0.4, -0.2) is 27.4 Å². The Morgan fingerprint density at radius 2 is 2.08 bits per heavy atom. The number of anilines is 1. The Morgan fingerprint density at radius 1 is 1.38 bits per heavy atom. The summed E-state index contributed by atoms with van der Waals surface area (Å²) in [5.74, 6) is 0.491. The van der Waals surface area contributed by atoms with Crippen molar-refractivity contribution in [2.24, 2.45) is 7.05 Å². The average molecular weight is 363 g/mol. The van der Waals surface area contributed by atoms with Crippen molar-refractivity contribution >= 4 is 46.6 Å². The second-order valence-electron chi connectivity index (χ2n) is 5.06. The first-order chi connectivity index (χ1) is 11.5. The zero-order valence-corrected chi connectivity index (χ0v) is 14.7. The molecule has 0 radical (unpaired) electrons. The lowest BCUT2D eigenvalue weighted by atomic mass is 10.2. The number of nitrogens with zero attached hydrogens (tertiary/aromatic N) is 3. The summed E-state index contributed by atoms with van der Waals surface area (Å²) in [6.45, 7) is 2.50. The van der Waals surface area contributed by atoms with Crippen LogP contribution in [0.4, 0.5) is 5.69 Å². The Bertz CT molecular complexity index is 810. The van der Waals surface area contributed by atoms with Crippen molar-refractivity contribution in [3.05, 3.63) is 46.9 Å². The van der Waals surface area contributed by atoms with Crippen LogP contribution in [0.15, 0.2) is 36.2 Å². The number of benzene rings is 1. The zero-order valence-electron chi connectivity index (χ0n) is 13.1. The molecule has 1 saturated heterocycles. The molecule has 0 unspecified atom stereocenters. The standard InChI is InChI=1S/C16H15ClN4O2S/c1-3-23-11-6-4-10(5-7-11)21-15(22)13(19-16(21)24)8-14-12(17)9-18-20(14)2/h4-9H,3H2,1-2H3,(H,19,24)/b13-8+. The van der Waals surface area contributed by atoms with Crippen molar-refractivity contribution in [1.82, 2.24) is 15.1 Å². The largest absolute Gasteiger partial charge is 0.494 e. The van der Waals surface area contributed by atoms with Gasteiger partial charge in [-0.3, -0.25) is 14.4 Å². The SMILES string of the molecule is CCOc1ccc(N2C(=O)/C(=C\c3c(Cl)cnn3C)NC2=S)cc1. The second-order valence-corrected chi connectivity index (χ2v) is 5.85. The number of rotatable bonds is 4. The number of aromatic nitrogens is 2. The first kappa shape index (κ1) is 16.5. The molecule has 24 heavy (non-hydrogen) atoms. The third kappa shape index (κ3) is 3.00. The van der Waals surface area contributed by atoms with Crippen molar-refractivity contribution in [3.63, 3.8) is 0 Å². The molecule has 2 heterocycles. The van der Waals surface area contributed by atoms with Gasteiger partial charge in [-0.05, 0) is 49.5 Å². The maximum Gasteiger partial charge on any atom is 0.281 e. The lowest BCUT2D eigenvalue weighted by molar-refractivity contribution is -0.113. The number of thiocarbonyl (C=S) groups is 1. The van der Waals surface area contributed by atoms with E-state index in [-0.39, 0.29) is 5.91 Å². The molecular formula is C16H15ClN4O2S. The molecule has 3 rings (SSSR count). The molecule has 1 N–H and O–H groups in total. The smallest absolute Gasteiger partial charge is 0.281 e. The minimum Gasteiger partial charge on any atom is -0.494 e. The fourth-order valence-electron chi connectivity index (χ4n) is 2.35. The van der Waals surface area contributed by atoms with Gasteiger partial charge < -0.3 is 10.1 Å². The number of carbonyl (C=O) groups is 1. The van der Waals surface area contributed by atoms with Crippen molar-refractivity contribution in [1.29, 1.82) is 0 Å². The number of halogens is 1. The molecule has 1 aromatic carbocycles. The Labute approximate surface area is 149 Å². The molecule has 0 bridgehead atoms. The fourth-order valence-corrected chi connectivity index (χ4v) is 2.87. The number of carbonyl (C=O) groups excluding carboxylic acids is 1. The minimum absolute atomic E-state index is 0.249. The maximum atomic E-state index is 12.7. The van der Waals surface area contributed by atoms with E-state index in [0.29, 0.717) is 33.8 Å². The molecule has 1 amide bonds. The van der Waals surface area contributed by atoms with E-state index in [1.165, 1.54) is 11.1 Å². The van der Waals surface area contributed by atoms with Crippen molar-refractivity contribution in [2.45, 2.75) is 6.92 Å². The number of amides is 1. The summed E-state index contributed by atoms with van der Waals surface area (Å²) in [7, 11) is 1.75. The van der Waals surface area contributed by atoms with Gasteiger partial charge in [-0.15, -0.1) is 0 Å². The van der Waals surface area contributed by atoms with Gasteiger partial charge in [0.25, 0.3) is 5.91 Å². The molecule has 0 aliphatic carbocycles. The van der Waals surface area contributed by atoms with E-state index in [1.54, 1.807) is 42.1 Å². The molecule has 1 fully saturated rings. The van der Waals surface area contributed by atoms with E-state index in [9.17, 15) is 4.79 Å². The van der Waals surface area contributed by atoms with E-state index in [4.69, 9.17) is 28.6 Å². The highest BCUT2D eigenvalue weighted by atomic mass is 35.5. The third-order valence-electron chi connectivity index (χ3n) is 3.50. The number of ether oxygens (including phenoxy) is 1. The molecule has 124 valence electrons. The second kappa shape index (κ2) is 6.62. The Morgan fingerprint density at radius 3 is 2.67 bits per heavy atom. The van der Waals surface area contributed by atoms with Crippen LogP contribution in [0.1, 0.15) is 12.6 Å². The van der Waals surface area contributed by atoms with E-state index in [0.717, 1.165) is 5.75 Å². The molecular weight excluding hydrogens is 348 g/mol. The molecule has 0 atom stereocenters. The topological polar surface area (TPSA) is 59.4 Å². The maximum absolute atomic E-state index is 12.7. The Balaban J connectivity index is 1.89. The van der Waals surface area contributed by atoms with E-state index in [2.05, 4.69) is 10.4 Å². The van der Waals surface area contributed by atoms with Crippen LogP contribution >= 0.6 is 23.8 Å². The monoisotopic (exact) mass is 362 g/mol.